The maximum absolute atomic E-state index is 11.7. The SMILES string of the molecule is O=C(O)CCSC1CC(c2cccc(Br)c2)=NNC1=O. The first kappa shape index (κ1) is 15.1. The third-order valence-corrected chi connectivity index (χ3v) is 4.48. The first-order valence-corrected chi connectivity index (χ1v) is 7.86. The molecule has 0 fully saturated rings. The topological polar surface area (TPSA) is 78.8 Å². The third kappa shape index (κ3) is 4.08. The molecule has 2 N–H and O–H groups in total. The Morgan fingerprint density at radius 3 is 3.05 bits per heavy atom. The molecular weight excluding hydrogens is 344 g/mol. The van der Waals surface area contributed by atoms with E-state index in [2.05, 4.69) is 26.5 Å². The van der Waals surface area contributed by atoms with Gasteiger partial charge in [-0.1, -0.05) is 28.1 Å². The predicted octanol–water partition coefficient (Wildman–Crippen LogP) is 2.25. The lowest BCUT2D eigenvalue weighted by Crippen LogP contribution is -2.37. The summed E-state index contributed by atoms with van der Waals surface area (Å²) < 4.78 is 0.949. The van der Waals surface area contributed by atoms with Crippen molar-refractivity contribution in [3.05, 3.63) is 34.3 Å². The van der Waals surface area contributed by atoms with Crippen LogP contribution in [-0.2, 0) is 9.59 Å². The van der Waals surface area contributed by atoms with Gasteiger partial charge in [0.25, 0.3) is 5.91 Å². The second-order valence-corrected chi connectivity index (χ2v) is 6.48. The van der Waals surface area contributed by atoms with E-state index in [1.54, 1.807) is 0 Å². The van der Waals surface area contributed by atoms with Gasteiger partial charge in [0.2, 0.25) is 0 Å². The van der Waals surface area contributed by atoms with Gasteiger partial charge in [-0.05, 0) is 17.7 Å². The number of hydrogen-bond acceptors (Lipinski definition) is 4. The van der Waals surface area contributed by atoms with E-state index in [4.69, 9.17) is 5.11 Å². The fourth-order valence-electron chi connectivity index (χ4n) is 1.78. The summed E-state index contributed by atoms with van der Waals surface area (Å²) in [7, 11) is 0. The van der Waals surface area contributed by atoms with Crippen molar-refractivity contribution in [2.45, 2.75) is 18.1 Å². The molecule has 1 aromatic rings. The van der Waals surface area contributed by atoms with E-state index in [1.165, 1.54) is 11.8 Å². The molecule has 5 nitrogen and oxygen atoms in total. The van der Waals surface area contributed by atoms with Crippen LogP contribution in [0.1, 0.15) is 18.4 Å². The fraction of sp³-hybridized carbons (Fsp3) is 0.308. The van der Waals surface area contributed by atoms with E-state index in [9.17, 15) is 9.59 Å². The number of aliphatic carboxylic acids is 1. The lowest BCUT2D eigenvalue weighted by Gasteiger charge is -2.21. The summed E-state index contributed by atoms with van der Waals surface area (Å²) in [4.78, 5) is 22.2. The van der Waals surface area contributed by atoms with Gasteiger partial charge < -0.3 is 5.11 Å². The standard InChI is InChI=1S/C13H13BrN2O3S/c14-9-3-1-2-8(6-9)10-7-11(13(19)16-15-10)20-5-4-12(17)18/h1-3,6,11H,4-5,7H2,(H,16,19)(H,17,18). The summed E-state index contributed by atoms with van der Waals surface area (Å²) >= 11 is 4.75. The molecular formula is C13H13BrN2O3S. The van der Waals surface area contributed by atoms with Crippen molar-refractivity contribution >= 4 is 45.3 Å². The molecule has 1 amide bonds. The number of amides is 1. The van der Waals surface area contributed by atoms with Gasteiger partial charge in [-0.3, -0.25) is 9.59 Å². The highest BCUT2D eigenvalue weighted by Crippen LogP contribution is 2.23. The number of thioether (sulfide) groups is 1. The quantitative estimate of drug-likeness (QED) is 0.847. The molecule has 0 radical (unpaired) electrons. The number of carbonyl (C=O) groups is 2. The van der Waals surface area contributed by atoms with Crippen LogP contribution in [-0.4, -0.2) is 33.7 Å². The highest BCUT2D eigenvalue weighted by atomic mass is 79.9. The molecule has 20 heavy (non-hydrogen) atoms. The lowest BCUT2D eigenvalue weighted by molar-refractivity contribution is -0.136. The highest BCUT2D eigenvalue weighted by Gasteiger charge is 2.26. The summed E-state index contributed by atoms with van der Waals surface area (Å²) in [5.74, 6) is -0.604. The van der Waals surface area contributed by atoms with Crippen LogP contribution in [0.2, 0.25) is 0 Å². The Hall–Kier alpha value is -1.34. The number of carboxylic acids is 1. The second kappa shape index (κ2) is 6.90. The summed E-state index contributed by atoms with van der Waals surface area (Å²) in [6.45, 7) is 0. The van der Waals surface area contributed by atoms with Crippen LogP contribution in [0.15, 0.2) is 33.8 Å². The molecule has 0 saturated carbocycles. The molecule has 7 heteroatoms. The van der Waals surface area contributed by atoms with Gasteiger partial charge in [0, 0.05) is 16.6 Å². The monoisotopic (exact) mass is 356 g/mol. The summed E-state index contributed by atoms with van der Waals surface area (Å²) in [6, 6.07) is 7.70. The van der Waals surface area contributed by atoms with Gasteiger partial charge >= 0.3 is 5.97 Å². The number of carbonyl (C=O) groups excluding carboxylic acids is 1. The van der Waals surface area contributed by atoms with Crippen LogP contribution >= 0.6 is 27.7 Å². The van der Waals surface area contributed by atoms with Gasteiger partial charge in [0.05, 0.1) is 17.4 Å². The molecule has 2 rings (SSSR count). The van der Waals surface area contributed by atoms with Crippen molar-refractivity contribution in [2.75, 3.05) is 5.75 Å². The molecule has 0 saturated heterocycles. The number of hydrazone groups is 1. The minimum atomic E-state index is -0.852. The first-order valence-electron chi connectivity index (χ1n) is 6.02. The maximum Gasteiger partial charge on any atom is 0.304 e. The van der Waals surface area contributed by atoms with Crippen LogP contribution in [0.3, 0.4) is 0 Å². The number of benzene rings is 1. The zero-order valence-corrected chi connectivity index (χ0v) is 12.9. The molecule has 0 aliphatic carbocycles. The average molecular weight is 357 g/mol. The van der Waals surface area contributed by atoms with Crippen molar-refractivity contribution in [1.29, 1.82) is 0 Å². The maximum atomic E-state index is 11.7. The minimum Gasteiger partial charge on any atom is -0.481 e. The Bertz CT molecular complexity index is 562. The zero-order chi connectivity index (χ0) is 14.5. The van der Waals surface area contributed by atoms with Crippen LogP contribution in [0, 0.1) is 0 Å². The number of carboxylic acid groups (broad SMARTS) is 1. The number of halogens is 1. The third-order valence-electron chi connectivity index (χ3n) is 2.77. The van der Waals surface area contributed by atoms with Gasteiger partial charge in [0.1, 0.15) is 0 Å². The summed E-state index contributed by atoms with van der Waals surface area (Å²) in [6.07, 6.45) is 0.560. The van der Waals surface area contributed by atoms with E-state index < -0.39 is 5.97 Å². The molecule has 1 heterocycles. The van der Waals surface area contributed by atoms with Crippen molar-refractivity contribution < 1.29 is 14.7 Å². The van der Waals surface area contributed by atoms with Crippen LogP contribution in [0.25, 0.3) is 0 Å². The summed E-state index contributed by atoms with van der Waals surface area (Å²) in [5.41, 5.74) is 4.26. The average Bonchev–Trinajstić information content (AvgIpc) is 2.40. The Labute approximate surface area is 129 Å². The van der Waals surface area contributed by atoms with E-state index >= 15 is 0 Å². The molecule has 0 aromatic heterocycles. The number of nitrogens with zero attached hydrogens (tertiary/aromatic N) is 1. The Kier molecular flexibility index (Phi) is 5.19. The molecule has 0 bridgehead atoms. The number of hydrogen-bond donors (Lipinski definition) is 2. The van der Waals surface area contributed by atoms with Gasteiger partial charge in [-0.2, -0.15) is 5.10 Å². The van der Waals surface area contributed by atoms with Crippen LogP contribution in [0.4, 0.5) is 0 Å². The van der Waals surface area contributed by atoms with Crippen molar-refractivity contribution in [2.24, 2.45) is 5.10 Å². The zero-order valence-electron chi connectivity index (χ0n) is 10.5. The predicted molar refractivity (Wildman–Crippen MR) is 81.9 cm³/mol. The highest BCUT2D eigenvalue weighted by molar-refractivity contribution is 9.10. The van der Waals surface area contributed by atoms with Gasteiger partial charge in [0.15, 0.2) is 0 Å². The van der Waals surface area contributed by atoms with Crippen molar-refractivity contribution in [3.8, 4) is 0 Å². The van der Waals surface area contributed by atoms with E-state index in [1.807, 2.05) is 24.3 Å². The van der Waals surface area contributed by atoms with E-state index in [0.29, 0.717) is 12.2 Å². The second-order valence-electron chi connectivity index (χ2n) is 4.25. The Morgan fingerprint density at radius 1 is 1.55 bits per heavy atom. The largest absolute Gasteiger partial charge is 0.481 e. The molecule has 1 aliphatic rings. The minimum absolute atomic E-state index is 0.0534. The van der Waals surface area contributed by atoms with E-state index in [0.717, 1.165) is 15.7 Å². The smallest absolute Gasteiger partial charge is 0.304 e. The van der Waals surface area contributed by atoms with E-state index in [-0.39, 0.29) is 17.6 Å². The van der Waals surface area contributed by atoms with Crippen LogP contribution in [0.5, 0.6) is 0 Å². The van der Waals surface area contributed by atoms with Gasteiger partial charge in [-0.25, -0.2) is 5.43 Å². The first-order chi connectivity index (χ1) is 9.56. The Balaban J connectivity index is 2.03. The molecule has 0 spiro atoms. The van der Waals surface area contributed by atoms with Crippen molar-refractivity contribution in [3.63, 3.8) is 0 Å². The Morgan fingerprint density at radius 2 is 2.35 bits per heavy atom. The fourth-order valence-corrected chi connectivity index (χ4v) is 3.24. The number of nitrogens with one attached hydrogen (secondary N) is 1. The van der Waals surface area contributed by atoms with Crippen molar-refractivity contribution in [1.82, 2.24) is 5.43 Å². The molecule has 1 aliphatic heterocycles. The normalized spacial score (nSPS) is 18.4. The summed E-state index contributed by atoms with van der Waals surface area (Å²) in [5, 5.41) is 12.4. The molecule has 1 unspecified atom stereocenters. The van der Waals surface area contributed by atoms with Crippen LogP contribution < -0.4 is 5.43 Å². The number of rotatable bonds is 5. The molecule has 1 atom stereocenters. The van der Waals surface area contributed by atoms with Gasteiger partial charge in [-0.15, -0.1) is 11.8 Å². The lowest BCUT2D eigenvalue weighted by atomic mass is 10.0. The molecule has 106 valence electrons. The molecule has 1 aromatic carbocycles.